The molecule has 0 aliphatic carbocycles. The molecule has 0 unspecified atom stereocenters. The van der Waals surface area contributed by atoms with Crippen molar-refractivity contribution in [2.75, 3.05) is 7.11 Å². The Labute approximate surface area is 125 Å². The summed E-state index contributed by atoms with van der Waals surface area (Å²) in [5.41, 5.74) is 1.73. The molecule has 104 valence electrons. The molecule has 0 fully saturated rings. The molecule has 2 aromatic rings. The Balaban J connectivity index is 2.33. The van der Waals surface area contributed by atoms with Gasteiger partial charge in [-0.25, -0.2) is 9.78 Å². The summed E-state index contributed by atoms with van der Waals surface area (Å²) in [6.45, 7) is 3.74. The van der Waals surface area contributed by atoms with Crippen LogP contribution in [0.4, 0.5) is 0 Å². The quantitative estimate of drug-likeness (QED) is 0.803. The third-order valence-corrected chi connectivity index (χ3v) is 3.12. The van der Waals surface area contributed by atoms with Crippen LogP contribution in [0.3, 0.4) is 0 Å². The second-order valence-corrected chi connectivity index (χ2v) is 5.05. The largest absolute Gasteiger partial charge is 0.463 e. The SMILES string of the molecule is COC(=O)c1nc(C)cc(Oc2ccc(C)cc2Br)n1. The molecular formula is C14H13BrN2O3. The summed E-state index contributed by atoms with van der Waals surface area (Å²) in [6.07, 6.45) is 0. The highest BCUT2D eigenvalue weighted by molar-refractivity contribution is 9.10. The van der Waals surface area contributed by atoms with Gasteiger partial charge in [0.25, 0.3) is 0 Å². The first-order valence-electron chi connectivity index (χ1n) is 5.87. The van der Waals surface area contributed by atoms with Crippen molar-refractivity contribution >= 4 is 21.9 Å². The Morgan fingerprint density at radius 3 is 2.60 bits per heavy atom. The number of ether oxygens (including phenoxy) is 2. The molecule has 0 amide bonds. The fourth-order valence-electron chi connectivity index (χ4n) is 1.58. The third-order valence-electron chi connectivity index (χ3n) is 2.50. The van der Waals surface area contributed by atoms with Crippen LogP contribution in [0.2, 0.25) is 0 Å². The van der Waals surface area contributed by atoms with Crippen LogP contribution in [0.25, 0.3) is 0 Å². The summed E-state index contributed by atoms with van der Waals surface area (Å²) in [6, 6.07) is 7.34. The van der Waals surface area contributed by atoms with Crippen molar-refractivity contribution in [3.05, 3.63) is 45.8 Å². The molecule has 6 heteroatoms. The molecule has 1 aromatic carbocycles. The monoisotopic (exact) mass is 336 g/mol. The molecule has 1 aromatic heterocycles. The predicted octanol–water partition coefficient (Wildman–Crippen LogP) is 3.43. The fraction of sp³-hybridized carbons (Fsp3) is 0.214. The number of aryl methyl sites for hydroxylation is 2. The van der Waals surface area contributed by atoms with E-state index in [0.29, 0.717) is 17.3 Å². The molecule has 0 bridgehead atoms. The number of carbonyl (C=O) groups is 1. The van der Waals surface area contributed by atoms with Crippen LogP contribution in [0.1, 0.15) is 21.9 Å². The number of esters is 1. The maximum atomic E-state index is 11.5. The van der Waals surface area contributed by atoms with Gasteiger partial charge < -0.3 is 9.47 Å². The highest BCUT2D eigenvalue weighted by Crippen LogP contribution is 2.29. The standard InChI is InChI=1S/C14H13BrN2O3/c1-8-4-5-11(10(15)6-8)20-12-7-9(2)16-13(17-12)14(18)19-3/h4-7H,1-3H3. The molecule has 20 heavy (non-hydrogen) atoms. The number of carbonyl (C=O) groups excluding carboxylic acids is 1. The van der Waals surface area contributed by atoms with Crippen molar-refractivity contribution in [3.63, 3.8) is 0 Å². The van der Waals surface area contributed by atoms with Gasteiger partial charge in [0.1, 0.15) is 5.75 Å². The van der Waals surface area contributed by atoms with Gasteiger partial charge in [-0.05, 0) is 47.5 Å². The minimum absolute atomic E-state index is 0.0225. The van der Waals surface area contributed by atoms with Gasteiger partial charge in [-0.2, -0.15) is 4.98 Å². The zero-order valence-corrected chi connectivity index (χ0v) is 12.9. The number of rotatable bonds is 3. The third kappa shape index (κ3) is 3.33. The lowest BCUT2D eigenvalue weighted by molar-refractivity contribution is 0.0585. The molecule has 0 saturated heterocycles. The first-order valence-corrected chi connectivity index (χ1v) is 6.67. The average Bonchev–Trinajstić information content (AvgIpc) is 2.40. The second-order valence-electron chi connectivity index (χ2n) is 4.20. The van der Waals surface area contributed by atoms with E-state index in [9.17, 15) is 4.79 Å². The van der Waals surface area contributed by atoms with Gasteiger partial charge in [0.15, 0.2) is 0 Å². The number of halogens is 1. The van der Waals surface area contributed by atoms with Crippen molar-refractivity contribution in [3.8, 4) is 11.6 Å². The smallest absolute Gasteiger partial charge is 0.376 e. The van der Waals surface area contributed by atoms with Crippen molar-refractivity contribution in [2.24, 2.45) is 0 Å². The summed E-state index contributed by atoms with van der Waals surface area (Å²) in [4.78, 5) is 19.5. The van der Waals surface area contributed by atoms with Crippen molar-refractivity contribution in [1.82, 2.24) is 9.97 Å². The Morgan fingerprint density at radius 2 is 1.95 bits per heavy atom. The Kier molecular flexibility index (Phi) is 4.34. The number of methoxy groups -OCH3 is 1. The van der Waals surface area contributed by atoms with E-state index in [2.05, 4.69) is 30.6 Å². The van der Waals surface area contributed by atoms with Gasteiger partial charge in [-0.3, -0.25) is 0 Å². The molecule has 5 nitrogen and oxygen atoms in total. The second kappa shape index (κ2) is 6.00. The Bertz CT molecular complexity index is 659. The topological polar surface area (TPSA) is 61.3 Å². The van der Waals surface area contributed by atoms with Crippen molar-refractivity contribution in [2.45, 2.75) is 13.8 Å². The highest BCUT2D eigenvalue weighted by atomic mass is 79.9. The highest BCUT2D eigenvalue weighted by Gasteiger charge is 2.13. The first-order chi connectivity index (χ1) is 9.49. The van der Waals surface area contributed by atoms with Crippen LogP contribution < -0.4 is 4.74 Å². The summed E-state index contributed by atoms with van der Waals surface area (Å²) >= 11 is 3.42. The Hall–Kier alpha value is -1.95. The maximum absolute atomic E-state index is 11.5. The van der Waals surface area contributed by atoms with Gasteiger partial charge in [0.2, 0.25) is 11.7 Å². The molecule has 0 N–H and O–H groups in total. The van der Waals surface area contributed by atoms with Gasteiger partial charge in [0.05, 0.1) is 11.6 Å². The van der Waals surface area contributed by atoms with Gasteiger partial charge in [-0.1, -0.05) is 6.07 Å². The van der Waals surface area contributed by atoms with E-state index in [1.54, 1.807) is 13.0 Å². The molecule has 0 radical (unpaired) electrons. The zero-order chi connectivity index (χ0) is 14.7. The number of aromatic nitrogens is 2. The summed E-state index contributed by atoms with van der Waals surface area (Å²) < 4.78 is 11.1. The summed E-state index contributed by atoms with van der Waals surface area (Å²) in [5.74, 6) is 0.291. The van der Waals surface area contributed by atoms with Crippen LogP contribution in [0.15, 0.2) is 28.7 Å². The van der Waals surface area contributed by atoms with E-state index < -0.39 is 5.97 Å². The molecule has 1 heterocycles. The van der Waals surface area contributed by atoms with Crippen molar-refractivity contribution in [1.29, 1.82) is 0 Å². The maximum Gasteiger partial charge on any atom is 0.376 e. The number of nitrogens with zero attached hydrogens (tertiary/aromatic N) is 2. The molecule has 0 aliphatic heterocycles. The fourth-order valence-corrected chi connectivity index (χ4v) is 2.15. The summed E-state index contributed by atoms with van der Waals surface area (Å²) in [7, 11) is 1.28. The normalized spacial score (nSPS) is 10.2. The van der Waals surface area contributed by atoms with E-state index in [4.69, 9.17) is 4.74 Å². The van der Waals surface area contributed by atoms with Crippen LogP contribution in [-0.2, 0) is 4.74 Å². The van der Waals surface area contributed by atoms with Gasteiger partial charge in [0, 0.05) is 11.8 Å². The molecular weight excluding hydrogens is 324 g/mol. The van der Waals surface area contributed by atoms with E-state index in [-0.39, 0.29) is 5.82 Å². The van der Waals surface area contributed by atoms with E-state index >= 15 is 0 Å². The van der Waals surface area contributed by atoms with E-state index in [0.717, 1.165) is 10.0 Å². The lowest BCUT2D eigenvalue weighted by Crippen LogP contribution is -2.09. The number of benzene rings is 1. The number of hydrogen-bond acceptors (Lipinski definition) is 5. The first kappa shape index (κ1) is 14.5. The van der Waals surface area contributed by atoms with Crippen LogP contribution in [0.5, 0.6) is 11.6 Å². The minimum atomic E-state index is -0.596. The summed E-state index contributed by atoms with van der Waals surface area (Å²) in [5, 5.41) is 0. The lowest BCUT2D eigenvalue weighted by atomic mass is 10.2. The average molecular weight is 337 g/mol. The number of hydrogen-bond donors (Lipinski definition) is 0. The van der Waals surface area contributed by atoms with Gasteiger partial charge >= 0.3 is 5.97 Å². The van der Waals surface area contributed by atoms with Crippen molar-refractivity contribution < 1.29 is 14.3 Å². The molecule has 2 rings (SSSR count). The Morgan fingerprint density at radius 1 is 1.20 bits per heavy atom. The molecule has 0 saturated carbocycles. The predicted molar refractivity (Wildman–Crippen MR) is 77.1 cm³/mol. The molecule has 0 spiro atoms. The van der Waals surface area contributed by atoms with Gasteiger partial charge in [-0.15, -0.1) is 0 Å². The van der Waals surface area contributed by atoms with Crippen LogP contribution in [-0.4, -0.2) is 23.0 Å². The van der Waals surface area contributed by atoms with E-state index in [1.807, 2.05) is 25.1 Å². The zero-order valence-electron chi connectivity index (χ0n) is 11.3. The van der Waals surface area contributed by atoms with E-state index in [1.165, 1.54) is 7.11 Å². The molecule has 0 aliphatic rings. The lowest BCUT2D eigenvalue weighted by Gasteiger charge is -2.09. The minimum Gasteiger partial charge on any atom is -0.463 e. The van der Waals surface area contributed by atoms with Crippen LogP contribution >= 0.6 is 15.9 Å². The van der Waals surface area contributed by atoms with Crippen LogP contribution in [0, 0.1) is 13.8 Å². The molecule has 0 atom stereocenters.